The Bertz CT molecular complexity index is 354. The van der Waals surface area contributed by atoms with Gasteiger partial charge in [-0.3, -0.25) is 4.98 Å². The van der Waals surface area contributed by atoms with Crippen LogP contribution >= 0.6 is 0 Å². The van der Waals surface area contributed by atoms with E-state index in [0.29, 0.717) is 19.1 Å². The summed E-state index contributed by atoms with van der Waals surface area (Å²) in [6.07, 6.45) is 1.88. The van der Waals surface area contributed by atoms with Gasteiger partial charge in [-0.05, 0) is 19.4 Å². The molecule has 0 atom stereocenters. The molecule has 4 nitrogen and oxygen atoms in total. The minimum absolute atomic E-state index is 0.567. The van der Waals surface area contributed by atoms with Crippen molar-refractivity contribution in [2.24, 2.45) is 5.92 Å². The van der Waals surface area contributed by atoms with E-state index >= 15 is 0 Å². The van der Waals surface area contributed by atoms with E-state index in [4.69, 9.17) is 9.47 Å². The van der Waals surface area contributed by atoms with Crippen molar-refractivity contribution in [2.45, 2.75) is 27.3 Å². The van der Waals surface area contributed by atoms with Gasteiger partial charge in [0.2, 0.25) is 0 Å². The number of hydrogen-bond acceptors (Lipinski definition) is 4. The summed E-state index contributed by atoms with van der Waals surface area (Å²) in [4.78, 5) is 4.31. The Morgan fingerprint density at radius 2 is 2.11 bits per heavy atom. The van der Waals surface area contributed by atoms with E-state index in [0.717, 1.165) is 30.1 Å². The molecule has 1 N–H and O–H groups in total. The second-order valence-corrected chi connectivity index (χ2v) is 4.80. The van der Waals surface area contributed by atoms with Gasteiger partial charge in [0.25, 0.3) is 0 Å². The third-order valence-electron chi connectivity index (χ3n) is 2.49. The molecule has 102 valence electrons. The summed E-state index contributed by atoms with van der Waals surface area (Å²) in [6.45, 7) is 9.29. The lowest BCUT2D eigenvalue weighted by Crippen LogP contribution is -2.20. The number of rotatable bonds is 8. The quantitative estimate of drug-likeness (QED) is 0.720. The fourth-order valence-corrected chi connectivity index (χ4v) is 1.56. The van der Waals surface area contributed by atoms with Gasteiger partial charge < -0.3 is 14.8 Å². The highest BCUT2D eigenvalue weighted by Crippen LogP contribution is 2.18. The molecule has 1 aromatic heterocycles. The Kier molecular flexibility index (Phi) is 6.68. The van der Waals surface area contributed by atoms with E-state index in [1.165, 1.54) is 0 Å². The zero-order valence-corrected chi connectivity index (χ0v) is 11.8. The zero-order chi connectivity index (χ0) is 13.4. The van der Waals surface area contributed by atoms with Gasteiger partial charge >= 0.3 is 0 Å². The second kappa shape index (κ2) is 8.06. The number of ether oxygens (including phenoxy) is 2. The molecule has 0 aliphatic rings. The van der Waals surface area contributed by atoms with Gasteiger partial charge in [0, 0.05) is 37.2 Å². The third-order valence-corrected chi connectivity index (χ3v) is 2.49. The number of methoxy groups -OCH3 is 1. The van der Waals surface area contributed by atoms with Gasteiger partial charge in [0.15, 0.2) is 0 Å². The van der Waals surface area contributed by atoms with Crippen LogP contribution in [0.3, 0.4) is 0 Å². The smallest absolute Gasteiger partial charge is 0.127 e. The first-order valence-electron chi connectivity index (χ1n) is 6.41. The highest BCUT2D eigenvalue weighted by Gasteiger charge is 2.05. The normalized spacial score (nSPS) is 10.9. The van der Waals surface area contributed by atoms with E-state index in [1.54, 1.807) is 7.11 Å². The summed E-state index contributed by atoms with van der Waals surface area (Å²) in [6, 6.07) is 1.97. The predicted octanol–water partition coefficient (Wildman–Crippen LogP) is 2.16. The SMILES string of the molecule is COCCOc1cc(C)ncc1CNCC(C)C. The van der Waals surface area contributed by atoms with Crippen LogP contribution in [-0.4, -0.2) is 31.9 Å². The second-order valence-electron chi connectivity index (χ2n) is 4.80. The maximum absolute atomic E-state index is 5.71. The average Bonchev–Trinajstić information content (AvgIpc) is 2.32. The first-order chi connectivity index (χ1) is 8.63. The van der Waals surface area contributed by atoms with Crippen molar-refractivity contribution in [3.8, 4) is 5.75 Å². The average molecular weight is 252 g/mol. The summed E-state index contributed by atoms with van der Waals surface area (Å²) >= 11 is 0. The topological polar surface area (TPSA) is 43.4 Å². The first kappa shape index (κ1) is 14.9. The summed E-state index contributed by atoms with van der Waals surface area (Å²) in [5.74, 6) is 1.54. The molecular formula is C14H24N2O2. The lowest BCUT2D eigenvalue weighted by Gasteiger charge is -2.13. The molecule has 0 saturated heterocycles. The van der Waals surface area contributed by atoms with E-state index in [2.05, 4.69) is 24.1 Å². The lowest BCUT2D eigenvalue weighted by atomic mass is 10.2. The molecule has 1 heterocycles. The van der Waals surface area contributed by atoms with Crippen LogP contribution < -0.4 is 10.1 Å². The van der Waals surface area contributed by atoms with Crippen molar-refractivity contribution in [1.29, 1.82) is 0 Å². The number of aromatic nitrogens is 1. The lowest BCUT2D eigenvalue weighted by molar-refractivity contribution is 0.145. The van der Waals surface area contributed by atoms with E-state index in [9.17, 15) is 0 Å². The van der Waals surface area contributed by atoms with Crippen LogP contribution in [0.4, 0.5) is 0 Å². The monoisotopic (exact) mass is 252 g/mol. The summed E-state index contributed by atoms with van der Waals surface area (Å²) < 4.78 is 10.7. The molecule has 0 saturated carbocycles. The fourth-order valence-electron chi connectivity index (χ4n) is 1.56. The van der Waals surface area contributed by atoms with Gasteiger partial charge in [0.05, 0.1) is 6.61 Å². The molecule has 0 spiro atoms. The molecule has 0 radical (unpaired) electrons. The van der Waals surface area contributed by atoms with E-state index < -0.39 is 0 Å². The van der Waals surface area contributed by atoms with Crippen LogP contribution in [0.5, 0.6) is 5.75 Å². The van der Waals surface area contributed by atoms with Crippen molar-refractivity contribution in [3.63, 3.8) is 0 Å². The van der Waals surface area contributed by atoms with Crippen molar-refractivity contribution in [1.82, 2.24) is 10.3 Å². The van der Waals surface area contributed by atoms with Crippen molar-refractivity contribution < 1.29 is 9.47 Å². The fraction of sp³-hybridized carbons (Fsp3) is 0.643. The number of pyridine rings is 1. The van der Waals surface area contributed by atoms with E-state index in [-0.39, 0.29) is 0 Å². The molecule has 4 heteroatoms. The molecule has 0 amide bonds. The Labute approximate surface area is 110 Å². The van der Waals surface area contributed by atoms with Gasteiger partial charge in [-0.2, -0.15) is 0 Å². The zero-order valence-electron chi connectivity index (χ0n) is 11.8. The van der Waals surface area contributed by atoms with Crippen LogP contribution in [-0.2, 0) is 11.3 Å². The van der Waals surface area contributed by atoms with Gasteiger partial charge in [-0.15, -0.1) is 0 Å². The minimum Gasteiger partial charge on any atom is -0.491 e. The largest absolute Gasteiger partial charge is 0.491 e. The van der Waals surface area contributed by atoms with Gasteiger partial charge in [-0.25, -0.2) is 0 Å². The Morgan fingerprint density at radius 1 is 1.33 bits per heavy atom. The Hall–Kier alpha value is -1.13. The molecule has 0 bridgehead atoms. The molecular weight excluding hydrogens is 228 g/mol. The van der Waals surface area contributed by atoms with Crippen LogP contribution in [0.15, 0.2) is 12.3 Å². The van der Waals surface area contributed by atoms with Gasteiger partial charge in [-0.1, -0.05) is 13.8 Å². The predicted molar refractivity (Wildman–Crippen MR) is 72.9 cm³/mol. The third kappa shape index (κ3) is 5.47. The van der Waals surface area contributed by atoms with Crippen molar-refractivity contribution >= 4 is 0 Å². The highest BCUT2D eigenvalue weighted by atomic mass is 16.5. The first-order valence-corrected chi connectivity index (χ1v) is 6.41. The molecule has 0 aromatic carbocycles. The molecule has 0 aliphatic heterocycles. The maximum Gasteiger partial charge on any atom is 0.127 e. The molecule has 1 aromatic rings. The molecule has 1 rings (SSSR count). The Balaban J connectivity index is 2.58. The van der Waals surface area contributed by atoms with Crippen LogP contribution in [0.1, 0.15) is 25.1 Å². The number of nitrogens with one attached hydrogen (secondary N) is 1. The summed E-state index contributed by atoms with van der Waals surface area (Å²) in [5.41, 5.74) is 2.06. The van der Waals surface area contributed by atoms with Gasteiger partial charge in [0.1, 0.15) is 12.4 Å². The maximum atomic E-state index is 5.71. The van der Waals surface area contributed by atoms with Crippen LogP contribution in [0, 0.1) is 12.8 Å². The Morgan fingerprint density at radius 3 is 2.78 bits per heavy atom. The van der Waals surface area contributed by atoms with Crippen LogP contribution in [0.2, 0.25) is 0 Å². The van der Waals surface area contributed by atoms with E-state index in [1.807, 2.05) is 19.2 Å². The summed E-state index contributed by atoms with van der Waals surface area (Å²) in [5, 5.41) is 3.40. The molecule has 0 unspecified atom stereocenters. The number of aryl methyl sites for hydroxylation is 1. The minimum atomic E-state index is 0.567. The summed E-state index contributed by atoms with van der Waals surface area (Å²) in [7, 11) is 1.67. The van der Waals surface area contributed by atoms with Crippen LogP contribution in [0.25, 0.3) is 0 Å². The molecule has 0 fully saturated rings. The standard InChI is InChI=1S/C14H24N2O2/c1-11(2)8-15-9-13-10-16-12(3)7-14(13)18-6-5-17-4/h7,10-11,15H,5-6,8-9H2,1-4H3. The van der Waals surface area contributed by atoms with Crippen molar-refractivity contribution in [2.75, 3.05) is 26.9 Å². The molecule has 0 aliphatic carbocycles. The number of nitrogens with zero attached hydrogens (tertiary/aromatic N) is 1. The highest BCUT2D eigenvalue weighted by molar-refractivity contribution is 5.32. The van der Waals surface area contributed by atoms with Crippen molar-refractivity contribution in [3.05, 3.63) is 23.5 Å². The molecule has 18 heavy (non-hydrogen) atoms. The number of hydrogen-bond donors (Lipinski definition) is 1.